The van der Waals surface area contributed by atoms with Gasteiger partial charge in [-0.15, -0.1) is 0 Å². The molecule has 5 nitrogen and oxygen atoms in total. The molecule has 0 aliphatic heterocycles. The highest BCUT2D eigenvalue weighted by Gasteiger charge is 2.25. The average molecular weight is 413 g/mol. The van der Waals surface area contributed by atoms with Crippen LogP contribution in [0.4, 0.5) is 0 Å². The van der Waals surface area contributed by atoms with Crippen molar-refractivity contribution in [2.24, 2.45) is 0 Å². The molecule has 31 heavy (non-hydrogen) atoms. The molecule has 1 atom stereocenters. The highest BCUT2D eigenvalue weighted by atomic mass is 16.5. The van der Waals surface area contributed by atoms with Gasteiger partial charge in [-0.2, -0.15) is 0 Å². The predicted octanol–water partition coefficient (Wildman–Crippen LogP) is 4.84. The van der Waals surface area contributed by atoms with Gasteiger partial charge in [0.15, 0.2) is 6.61 Å². The first-order valence-electron chi connectivity index (χ1n) is 9.98. The van der Waals surface area contributed by atoms with Crippen LogP contribution in [0.1, 0.15) is 17.2 Å². The van der Waals surface area contributed by atoms with Crippen LogP contribution in [-0.4, -0.2) is 24.7 Å². The molecule has 4 aromatic carbocycles. The molecule has 2 N–H and O–H groups in total. The summed E-state index contributed by atoms with van der Waals surface area (Å²) in [5, 5.41) is 15.6. The number of ether oxygens (including phenoxy) is 2. The summed E-state index contributed by atoms with van der Waals surface area (Å²) in [4.78, 5) is 12.9. The van der Waals surface area contributed by atoms with Crippen molar-refractivity contribution >= 4 is 16.7 Å². The van der Waals surface area contributed by atoms with E-state index >= 15 is 0 Å². The van der Waals surface area contributed by atoms with Crippen molar-refractivity contribution in [1.29, 1.82) is 0 Å². The molecule has 1 amide bonds. The first-order chi connectivity index (χ1) is 15.2. The average Bonchev–Trinajstić information content (AvgIpc) is 2.82. The monoisotopic (exact) mass is 413 g/mol. The van der Waals surface area contributed by atoms with Crippen LogP contribution in [0.3, 0.4) is 0 Å². The van der Waals surface area contributed by atoms with Crippen LogP contribution in [0.2, 0.25) is 0 Å². The van der Waals surface area contributed by atoms with Gasteiger partial charge < -0.3 is 19.9 Å². The molecule has 4 aromatic rings. The van der Waals surface area contributed by atoms with Crippen LogP contribution in [0.25, 0.3) is 10.8 Å². The van der Waals surface area contributed by atoms with Crippen LogP contribution >= 0.6 is 0 Å². The topological polar surface area (TPSA) is 67.8 Å². The molecule has 5 heteroatoms. The van der Waals surface area contributed by atoms with E-state index in [0.29, 0.717) is 17.1 Å². The Labute approximate surface area is 180 Å². The smallest absolute Gasteiger partial charge is 0.258 e. The zero-order valence-corrected chi connectivity index (χ0v) is 17.1. The number of aromatic hydroxyl groups is 1. The second kappa shape index (κ2) is 9.22. The number of nitrogens with one attached hydrogen (secondary N) is 1. The molecule has 0 saturated heterocycles. The summed E-state index contributed by atoms with van der Waals surface area (Å²) in [7, 11) is 1.58. The number of amides is 1. The minimum atomic E-state index is -0.630. The number of benzene rings is 4. The molecule has 0 bridgehead atoms. The van der Waals surface area contributed by atoms with E-state index in [1.165, 1.54) is 0 Å². The van der Waals surface area contributed by atoms with Gasteiger partial charge in [0.1, 0.15) is 17.2 Å². The van der Waals surface area contributed by atoms with Gasteiger partial charge in [0.25, 0.3) is 5.91 Å². The number of hydrogen-bond acceptors (Lipinski definition) is 4. The highest BCUT2D eigenvalue weighted by Crippen LogP contribution is 2.38. The normalized spacial score (nSPS) is 11.6. The predicted molar refractivity (Wildman–Crippen MR) is 121 cm³/mol. The van der Waals surface area contributed by atoms with Gasteiger partial charge in [-0.25, -0.2) is 0 Å². The molecule has 0 fully saturated rings. The highest BCUT2D eigenvalue weighted by molar-refractivity contribution is 5.90. The second-order valence-electron chi connectivity index (χ2n) is 7.06. The van der Waals surface area contributed by atoms with Gasteiger partial charge >= 0.3 is 0 Å². The lowest BCUT2D eigenvalue weighted by Gasteiger charge is -2.24. The summed E-state index contributed by atoms with van der Waals surface area (Å²) in [6.07, 6.45) is 0. The van der Waals surface area contributed by atoms with Crippen LogP contribution in [-0.2, 0) is 4.79 Å². The summed E-state index contributed by atoms with van der Waals surface area (Å²) in [6.45, 7) is -0.152. The van der Waals surface area contributed by atoms with Gasteiger partial charge in [-0.3, -0.25) is 4.79 Å². The van der Waals surface area contributed by atoms with E-state index in [1.54, 1.807) is 25.3 Å². The maximum atomic E-state index is 12.9. The third-order valence-electron chi connectivity index (χ3n) is 5.10. The van der Waals surface area contributed by atoms with Crippen LogP contribution in [0, 0.1) is 0 Å². The SMILES string of the molecule is COc1ccccc1[C@H](NC(=O)COc1ccccc1)c1c(O)ccc2ccccc12. The molecule has 156 valence electrons. The lowest BCUT2D eigenvalue weighted by atomic mass is 9.92. The maximum absolute atomic E-state index is 12.9. The number of hydrogen-bond donors (Lipinski definition) is 2. The van der Waals surface area contributed by atoms with Crippen molar-refractivity contribution in [3.8, 4) is 17.2 Å². The number of para-hydroxylation sites is 2. The van der Waals surface area contributed by atoms with Crippen molar-refractivity contribution in [3.63, 3.8) is 0 Å². The minimum Gasteiger partial charge on any atom is -0.508 e. The Bertz CT molecular complexity index is 1190. The van der Waals surface area contributed by atoms with Gasteiger partial charge in [-0.05, 0) is 35.0 Å². The molecule has 0 heterocycles. The van der Waals surface area contributed by atoms with E-state index in [1.807, 2.05) is 72.8 Å². The lowest BCUT2D eigenvalue weighted by molar-refractivity contribution is -0.123. The fourth-order valence-electron chi connectivity index (χ4n) is 3.67. The lowest BCUT2D eigenvalue weighted by Crippen LogP contribution is -2.33. The first-order valence-corrected chi connectivity index (χ1v) is 9.98. The molecular weight excluding hydrogens is 390 g/mol. The fraction of sp³-hybridized carbons (Fsp3) is 0.115. The van der Waals surface area contributed by atoms with Crippen molar-refractivity contribution in [2.75, 3.05) is 13.7 Å². The van der Waals surface area contributed by atoms with Crippen molar-refractivity contribution in [3.05, 3.63) is 102 Å². The number of fused-ring (bicyclic) bond motifs is 1. The Hall–Kier alpha value is -3.99. The Morgan fingerprint density at radius 1 is 0.903 bits per heavy atom. The third kappa shape index (κ3) is 4.46. The number of rotatable bonds is 7. The zero-order chi connectivity index (χ0) is 21.6. The van der Waals surface area contributed by atoms with E-state index in [2.05, 4.69) is 5.32 Å². The standard InChI is InChI=1S/C26H23NO4/c1-30-23-14-8-7-13-21(23)26(27-24(29)17-31-19-10-3-2-4-11-19)25-20-12-6-5-9-18(20)15-16-22(25)28/h2-16,26,28H,17H2,1H3,(H,27,29)/t26-/m0/s1. The zero-order valence-electron chi connectivity index (χ0n) is 17.1. The molecule has 4 rings (SSSR count). The largest absolute Gasteiger partial charge is 0.508 e. The van der Waals surface area contributed by atoms with Crippen LogP contribution < -0.4 is 14.8 Å². The Morgan fingerprint density at radius 3 is 2.42 bits per heavy atom. The molecule has 0 aliphatic carbocycles. The maximum Gasteiger partial charge on any atom is 0.258 e. The van der Waals surface area contributed by atoms with Gasteiger partial charge in [-0.1, -0.05) is 66.7 Å². The van der Waals surface area contributed by atoms with E-state index in [0.717, 1.165) is 16.3 Å². The minimum absolute atomic E-state index is 0.0962. The van der Waals surface area contributed by atoms with Gasteiger partial charge in [0, 0.05) is 11.1 Å². The van der Waals surface area contributed by atoms with Crippen LogP contribution in [0.15, 0.2) is 91.0 Å². The van der Waals surface area contributed by atoms with Crippen molar-refractivity contribution in [2.45, 2.75) is 6.04 Å². The molecule has 0 saturated carbocycles. The molecular formula is C26H23NO4. The second-order valence-corrected chi connectivity index (χ2v) is 7.06. The molecule has 0 aromatic heterocycles. The van der Waals surface area contributed by atoms with Crippen LogP contribution in [0.5, 0.6) is 17.2 Å². The summed E-state index contributed by atoms with van der Waals surface area (Å²) >= 11 is 0. The molecule has 0 aliphatic rings. The number of phenolic OH excluding ortho intramolecular Hbond substituents is 1. The summed E-state index contributed by atoms with van der Waals surface area (Å²) in [5.41, 5.74) is 1.35. The summed E-state index contributed by atoms with van der Waals surface area (Å²) in [5.74, 6) is 1.01. The van der Waals surface area contributed by atoms with Crippen molar-refractivity contribution < 1.29 is 19.4 Å². The number of carbonyl (C=O) groups excluding carboxylic acids is 1. The summed E-state index contributed by atoms with van der Waals surface area (Å²) in [6, 6.07) is 27.2. The Balaban J connectivity index is 1.73. The Morgan fingerprint density at radius 2 is 1.61 bits per heavy atom. The number of methoxy groups -OCH3 is 1. The van der Waals surface area contributed by atoms with E-state index < -0.39 is 6.04 Å². The van der Waals surface area contributed by atoms with E-state index in [9.17, 15) is 9.90 Å². The molecule has 0 unspecified atom stereocenters. The number of phenols is 1. The van der Waals surface area contributed by atoms with Gasteiger partial charge in [0.2, 0.25) is 0 Å². The van der Waals surface area contributed by atoms with E-state index in [-0.39, 0.29) is 18.3 Å². The number of carbonyl (C=O) groups is 1. The quantitative estimate of drug-likeness (QED) is 0.455. The fourth-order valence-corrected chi connectivity index (χ4v) is 3.67. The first kappa shape index (κ1) is 20.3. The third-order valence-corrected chi connectivity index (χ3v) is 5.10. The van der Waals surface area contributed by atoms with Crippen molar-refractivity contribution in [1.82, 2.24) is 5.32 Å². The summed E-state index contributed by atoms with van der Waals surface area (Å²) < 4.78 is 11.2. The molecule has 0 spiro atoms. The van der Waals surface area contributed by atoms with E-state index in [4.69, 9.17) is 9.47 Å². The van der Waals surface area contributed by atoms with Gasteiger partial charge in [0.05, 0.1) is 13.2 Å². The Kier molecular flexibility index (Phi) is 6.03. The molecule has 0 radical (unpaired) electrons.